The minimum Gasteiger partial charge on any atom is -0.481 e. The third kappa shape index (κ3) is 2.84. The van der Waals surface area contributed by atoms with Gasteiger partial charge in [0.1, 0.15) is 0 Å². The summed E-state index contributed by atoms with van der Waals surface area (Å²) in [6.45, 7) is 4.56. The number of hydrogen-bond donors (Lipinski definition) is 1. The van der Waals surface area contributed by atoms with Gasteiger partial charge < -0.3 is 10.0 Å². The lowest BCUT2D eigenvalue weighted by Gasteiger charge is -2.16. The van der Waals surface area contributed by atoms with Gasteiger partial charge in [-0.2, -0.15) is 5.10 Å². The Kier molecular flexibility index (Phi) is 3.90. The molecule has 1 amide bonds. The van der Waals surface area contributed by atoms with Gasteiger partial charge in [0, 0.05) is 30.8 Å². The summed E-state index contributed by atoms with van der Waals surface area (Å²) in [5, 5.41) is 13.6. The summed E-state index contributed by atoms with van der Waals surface area (Å²) in [6.07, 6.45) is 0.0836. The summed E-state index contributed by atoms with van der Waals surface area (Å²) >= 11 is 0. The van der Waals surface area contributed by atoms with E-state index in [9.17, 15) is 9.59 Å². The molecule has 0 radical (unpaired) electrons. The molecule has 1 N–H and O–H groups in total. The van der Waals surface area contributed by atoms with Gasteiger partial charge in [0.2, 0.25) is 5.91 Å². The van der Waals surface area contributed by atoms with Gasteiger partial charge in [-0.1, -0.05) is 18.2 Å². The number of nitrogens with zero attached hydrogens (tertiary/aromatic N) is 3. The van der Waals surface area contributed by atoms with Gasteiger partial charge in [0.05, 0.1) is 17.3 Å². The van der Waals surface area contributed by atoms with Gasteiger partial charge in [0.15, 0.2) is 0 Å². The quantitative estimate of drug-likeness (QED) is 0.935. The lowest BCUT2D eigenvalue weighted by Crippen LogP contribution is -2.26. The normalized spacial score (nSPS) is 17.7. The Morgan fingerprint density at radius 2 is 2.00 bits per heavy atom. The zero-order valence-electron chi connectivity index (χ0n) is 13.2. The monoisotopic (exact) mass is 313 g/mol. The van der Waals surface area contributed by atoms with Crippen molar-refractivity contribution in [1.82, 2.24) is 14.7 Å². The zero-order valence-corrected chi connectivity index (χ0v) is 13.2. The van der Waals surface area contributed by atoms with E-state index in [1.807, 2.05) is 48.9 Å². The number of aromatic nitrogens is 2. The third-order valence-corrected chi connectivity index (χ3v) is 4.35. The van der Waals surface area contributed by atoms with Gasteiger partial charge in [-0.15, -0.1) is 0 Å². The number of aliphatic carboxylic acids is 1. The molecule has 3 rings (SSSR count). The van der Waals surface area contributed by atoms with E-state index >= 15 is 0 Å². The van der Waals surface area contributed by atoms with Gasteiger partial charge in [0.25, 0.3) is 0 Å². The van der Waals surface area contributed by atoms with E-state index in [2.05, 4.69) is 5.10 Å². The average Bonchev–Trinajstić information content (AvgIpc) is 3.03. The molecule has 1 aliphatic rings. The lowest BCUT2D eigenvalue weighted by atomic mass is 10.1. The number of amides is 1. The van der Waals surface area contributed by atoms with Crippen molar-refractivity contribution < 1.29 is 14.7 Å². The van der Waals surface area contributed by atoms with Crippen LogP contribution in [0.15, 0.2) is 30.3 Å². The molecule has 120 valence electrons. The molecule has 23 heavy (non-hydrogen) atoms. The first-order valence-electron chi connectivity index (χ1n) is 7.58. The molecule has 0 unspecified atom stereocenters. The molecule has 0 aliphatic carbocycles. The largest absolute Gasteiger partial charge is 0.481 e. The molecule has 1 fully saturated rings. The van der Waals surface area contributed by atoms with Crippen LogP contribution in [0, 0.1) is 19.8 Å². The lowest BCUT2D eigenvalue weighted by molar-refractivity contribution is -0.141. The highest BCUT2D eigenvalue weighted by atomic mass is 16.4. The van der Waals surface area contributed by atoms with E-state index in [1.165, 1.54) is 0 Å². The van der Waals surface area contributed by atoms with Crippen molar-refractivity contribution in [1.29, 1.82) is 0 Å². The standard InChI is InChI=1S/C17H19N3O3/c1-11-15(10-19-9-13(17(22)23)8-16(19)21)12(2)20(18-11)14-6-4-3-5-7-14/h3-7,13H,8-10H2,1-2H3,(H,22,23)/t13-/m0/s1. The minimum absolute atomic E-state index is 0.0836. The molecule has 2 aromatic rings. The van der Waals surface area contributed by atoms with Crippen LogP contribution in [0.1, 0.15) is 23.4 Å². The molecule has 1 aromatic heterocycles. The number of likely N-dealkylation sites (tertiary alicyclic amines) is 1. The van der Waals surface area contributed by atoms with E-state index in [-0.39, 0.29) is 18.9 Å². The van der Waals surface area contributed by atoms with Crippen molar-refractivity contribution in [3.8, 4) is 5.69 Å². The summed E-state index contributed by atoms with van der Waals surface area (Å²) < 4.78 is 1.86. The van der Waals surface area contributed by atoms with Gasteiger partial charge in [-0.25, -0.2) is 4.68 Å². The second kappa shape index (κ2) is 5.87. The van der Waals surface area contributed by atoms with Crippen molar-refractivity contribution in [3.05, 3.63) is 47.3 Å². The molecule has 1 aromatic carbocycles. The number of hydrogen-bond acceptors (Lipinski definition) is 3. The number of para-hydroxylation sites is 1. The predicted octanol–water partition coefficient (Wildman–Crippen LogP) is 1.92. The fourth-order valence-corrected chi connectivity index (χ4v) is 3.01. The fraction of sp³-hybridized carbons (Fsp3) is 0.353. The highest BCUT2D eigenvalue weighted by molar-refractivity contribution is 5.86. The molecule has 1 atom stereocenters. The topological polar surface area (TPSA) is 75.4 Å². The molecule has 0 spiro atoms. The Morgan fingerprint density at radius 1 is 1.30 bits per heavy atom. The molecule has 0 saturated carbocycles. The third-order valence-electron chi connectivity index (χ3n) is 4.35. The first-order chi connectivity index (χ1) is 11.0. The van der Waals surface area contributed by atoms with E-state index in [0.29, 0.717) is 6.54 Å². The van der Waals surface area contributed by atoms with E-state index < -0.39 is 11.9 Å². The maximum Gasteiger partial charge on any atom is 0.308 e. The molecule has 1 saturated heterocycles. The summed E-state index contributed by atoms with van der Waals surface area (Å²) in [7, 11) is 0. The second-order valence-electron chi connectivity index (χ2n) is 5.91. The van der Waals surface area contributed by atoms with E-state index in [1.54, 1.807) is 4.90 Å². The Morgan fingerprint density at radius 3 is 2.61 bits per heavy atom. The van der Waals surface area contributed by atoms with Crippen LogP contribution in [0.5, 0.6) is 0 Å². The first-order valence-corrected chi connectivity index (χ1v) is 7.58. The molecule has 2 heterocycles. The van der Waals surface area contributed by atoms with Crippen LogP contribution in [-0.2, 0) is 16.1 Å². The van der Waals surface area contributed by atoms with Crippen LogP contribution in [0.3, 0.4) is 0 Å². The molecule has 1 aliphatic heterocycles. The minimum atomic E-state index is -0.908. The molecule has 6 heteroatoms. The molecular weight excluding hydrogens is 294 g/mol. The van der Waals surface area contributed by atoms with Crippen LogP contribution in [0.4, 0.5) is 0 Å². The predicted molar refractivity (Wildman–Crippen MR) is 84.2 cm³/mol. The summed E-state index contributed by atoms with van der Waals surface area (Å²) in [5.41, 5.74) is 3.78. The molecule has 6 nitrogen and oxygen atoms in total. The Balaban J connectivity index is 1.86. The van der Waals surface area contributed by atoms with Gasteiger partial charge in [-0.3, -0.25) is 9.59 Å². The van der Waals surface area contributed by atoms with E-state index in [4.69, 9.17) is 5.11 Å². The van der Waals surface area contributed by atoms with Crippen LogP contribution < -0.4 is 0 Å². The second-order valence-corrected chi connectivity index (χ2v) is 5.91. The highest BCUT2D eigenvalue weighted by Gasteiger charge is 2.34. The number of carbonyl (C=O) groups is 2. The van der Waals surface area contributed by atoms with Crippen LogP contribution >= 0.6 is 0 Å². The number of aryl methyl sites for hydroxylation is 1. The molecular formula is C17H19N3O3. The molecule has 0 bridgehead atoms. The highest BCUT2D eigenvalue weighted by Crippen LogP contribution is 2.24. The number of benzene rings is 1. The Labute approximate surface area is 134 Å². The first kappa shape index (κ1) is 15.3. The van der Waals surface area contributed by atoms with Crippen LogP contribution in [-0.4, -0.2) is 38.2 Å². The Bertz CT molecular complexity index is 752. The summed E-state index contributed by atoms with van der Waals surface area (Å²) in [4.78, 5) is 24.7. The Hall–Kier alpha value is -2.63. The van der Waals surface area contributed by atoms with Crippen LogP contribution in [0.25, 0.3) is 5.69 Å². The summed E-state index contributed by atoms with van der Waals surface area (Å²) in [5.74, 6) is -1.62. The smallest absolute Gasteiger partial charge is 0.308 e. The number of carboxylic acids is 1. The average molecular weight is 313 g/mol. The maximum atomic E-state index is 12.0. The van der Waals surface area contributed by atoms with Gasteiger partial charge >= 0.3 is 5.97 Å². The van der Waals surface area contributed by atoms with Gasteiger partial charge in [-0.05, 0) is 26.0 Å². The van der Waals surface area contributed by atoms with Crippen molar-refractivity contribution in [2.24, 2.45) is 5.92 Å². The van der Waals surface area contributed by atoms with E-state index in [0.717, 1.165) is 22.6 Å². The number of carboxylic acid groups (broad SMARTS) is 1. The summed E-state index contributed by atoms with van der Waals surface area (Å²) in [6, 6.07) is 9.81. The number of rotatable bonds is 4. The van der Waals surface area contributed by atoms with Crippen molar-refractivity contribution in [2.75, 3.05) is 6.54 Å². The zero-order chi connectivity index (χ0) is 16.6. The maximum absolute atomic E-state index is 12.0. The fourth-order valence-electron chi connectivity index (χ4n) is 3.01. The number of carbonyl (C=O) groups excluding carboxylic acids is 1. The van der Waals surface area contributed by atoms with Crippen LogP contribution in [0.2, 0.25) is 0 Å². The van der Waals surface area contributed by atoms with Crippen molar-refractivity contribution >= 4 is 11.9 Å². The van der Waals surface area contributed by atoms with Crippen molar-refractivity contribution in [3.63, 3.8) is 0 Å². The van der Waals surface area contributed by atoms with Crippen molar-refractivity contribution in [2.45, 2.75) is 26.8 Å². The SMILES string of the molecule is Cc1nn(-c2ccccc2)c(C)c1CN1C[C@@H](C(=O)O)CC1=O.